The van der Waals surface area contributed by atoms with Crippen molar-refractivity contribution < 1.29 is 19.1 Å². The van der Waals surface area contributed by atoms with Crippen LogP contribution in [0.4, 0.5) is 11.4 Å². The van der Waals surface area contributed by atoms with Gasteiger partial charge in [-0.25, -0.2) is 4.79 Å². The van der Waals surface area contributed by atoms with Gasteiger partial charge in [0, 0.05) is 11.9 Å². The van der Waals surface area contributed by atoms with Gasteiger partial charge in [-0.2, -0.15) is 5.26 Å². The van der Waals surface area contributed by atoms with E-state index in [1.807, 2.05) is 19.1 Å². The highest BCUT2D eigenvalue weighted by atomic mass is 16.5. The number of hydrogen-bond donors (Lipinski definition) is 2. The average Bonchev–Trinajstić information content (AvgIpc) is 2.68. The van der Waals surface area contributed by atoms with Crippen LogP contribution in [0.25, 0.3) is 0 Å². The second-order valence-electron chi connectivity index (χ2n) is 5.54. The van der Waals surface area contributed by atoms with Gasteiger partial charge in [0.15, 0.2) is 0 Å². The van der Waals surface area contributed by atoms with Crippen LogP contribution in [0.2, 0.25) is 0 Å². The maximum absolute atomic E-state index is 12.4. The summed E-state index contributed by atoms with van der Waals surface area (Å²) in [7, 11) is 2.80. The minimum atomic E-state index is -0.569. The number of nitrogens with zero attached hydrogens (tertiary/aromatic N) is 1. The minimum Gasteiger partial charge on any atom is -0.495 e. The molecule has 138 valence electrons. The third-order valence-corrected chi connectivity index (χ3v) is 3.66. The maximum atomic E-state index is 12.4. The molecule has 0 aliphatic heterocycles. The van der Waals surface area contributed by atoms with E-state index in [4.69, 9.17) is 4.74 Å². The Hall–Kier alpha value is -3.79. The maximum Gasteiger partial charge on any atom is 0.337 e. The molecule has 0 aliphatic carbocycles. The summed E-state index contributed by atoms with van der Waals surface area (Å²) in [5, 5.41) is 14.8. The first-order valence-electron chi connectivity index (χ1n) is 7.99. The van der Waals surface area contributed by atoms with E-state index >= 15 is 0 Å². The van der Waals surface area contributed by atoms with Crippen LogP contribution < -0.4 is 15.4 Å². The molecule has 27 heavy (non-hydrogen) atoms. The molecule has 7 heteroatoms. The zero-order valence-electron chi connectivity index (χ0n) is 15.2. The molecule has 2 aromatic carbocycles. The molecule has 1 amide bonds. The van der Waals surface area contributed by atoms with Crippen molar-refractivity contribution in [1.82, 2.24) is 0 Å². The molecular weight excluding hydrogens is 346 g/mol. The topological polar surface area (TPSA) is 100 Å². The van der Waals surface area contributed by atoms with Gasteiger partial charge in [0.05, 0.1) is 25.5 Å². The van der Waals surface area contributed by atoms with E-state index < -0.39 is 11.9 Å². The fourth-order valence-electron chi connectivity index (χ4n) is 2.23. The standard InChI is InChI=1S/C20H19N3O4/c1-13-4-9-18(26-2)17(10-13)23-19(24)15(11-21)12-22-16-7-5-14(6-8-16)20(25)27-3/h4-10,12,22H,1-3H3,(H,23,24)/b15-12-. The SMILES string of the molecule is COC(=O)c1ccc(N/C=C(/C#N)C(=O)Nc2cc(C)ccc2OC)cc1. The Morgan fingerprint density at radius 1 is 1.11 bits per heavy atom. The molecule has 0 fully saturated rings. The van der Waals surface area contributed by atoms with Gasteiger partial charge >= 0.3 is 5.97 Å². The average molecular weight is 365 g/mol. The quantitative estimate of drug-likeness (QED) is 0.463. The molecule has 0 saturated carbocycles. The first-order valence-corrected chi connectivity index (χ1v) is 7.99. The smallest absolute Gasteiger partial charge is 0.337 e. The van der Waals surface area contributed by atoms with E-state index in [9.17, 15) is 14.9 Å². The second-order valence-corrected chi connectivity index (χ2v) is 5.54. The van der Waals surface area contributed by atoms with Crippen molar-refractivity contribution in [2.75, 3.05) is 24.9 Å². The number of rotatable bonds is 6. The van der Waals surface area contributed by atoms with Gasteiger partial charge in [-0.1, -0.05) is 6.07 Å². The molecular formula is C20H19N3O4. The van der Waals surface area contributed by atoms with Crippen molar-refractivity contribution in [3.05, 3.63) is 65.4 Å². The lowest BCUT2D eigenvalue weighted by Crippen LogP contribution is -2.15. The summed E-state index contributed by atoms with van der Waals surface area (Å²) < 4.78 is 9.84. The number of esters is 1. The van der Waals surface area contributed by atoms with E-state index in [0.717, 1.165) is 5.56 Å². The van der Waals surface area contributed by atoms with Crippen LogP contribution in [0.1, 0.15) is 15.9 Å². The predicted octanol–water partition coefficient (Wildman–Crippen LogP) is 3.25. The molecule has 0 saturated heterocycles. The number of methoxy groups -OCH3 is 2. The van der Waals surface area contributed by atoms with Crippen molar-refractivity contribution in [1.29, 1.82) is 5.26 Å². The molecule has 0 heterocycles. The van der Waals surface area contributed by atoms with Crippen molar-refractivity contribution in [2.45, 2.75) is 6.92 Å². The van der Waals surface area contributed by atoms with Crippen LogP contribution in [0.3, 0.4) is 0 Å². The summed E-state index contributed by atoms with van der Waals surface area (Å²) in [4.78, 5) is 23.8. The molecule has 0 bridgehead atoms. The number of benzene rings is 2. The van der Waals surface area contributed by atoms with Crippen LogP contribution in [0.15, 0.2) is 54.2 Å². The molecule has 0 atom stereocenters. The molecule has 7 nitrogen and oxygen atoms in total. The zero-order valence-corrected chi connectivity index (χ0v) is 15.2. The largest absolute Gasteiger partial charge is 0.495 e. The Morgan fingerprint density at radius 2 is 1.81 bits per heavy atom. The summed E-state index contributed by atoms with van der Waals surface area (Å²) in [6.07, 6.45) is 1.30. The Kier molecular flexibility index (Phi) is 6.55. The molecule has 0 aliphatic rings. The van der Waals surface area contributed by atoms with E-state index in [1.54, 1.807) is 36.4 Å². The zero-order chi connectivity index (χ0) is 19.8. The van der Waals surface area contributed by atoms with E-state index in [2.05, 4.69) is 15.4 Å². The third-order valence-electron chi connectivity index (χ3n) is 3.66. The van der Waals surface area contributed by atoms with Crippen LogP contribution in [0.5, 0.6) is 5.75 Å². The van der Waals surface area contributed by atoms with Gasteiger partial charge in [0.1, 0.15) is 17.4 Å². The van der Waals surface area contributed by atoms with E-state index in [-0.39, 0.29) is 5.57 Å². The third kappa shape index (κ3) is 5.09. The lowest BCUT2D eigenvalue weighted by Gasteiger charge is -2.10. The predicted molar refractivity (Wildman–Crippen MR) is 101 cm³/mol. The number of aryl methyl sites for hydroxylation is 1. The Bertz CT molecular complexity index is 912. The number of ether oxygens (including phenoxy) is 2. The van der Waals surface area contributed by atoms with Crippen molar-refractivity contribution in [3.63, 3.8) is 0 Å². The van der Waals surface area contributed by atoms with Gasteiger partial charge in [0.2, 0.25) is 0 Å². The number of carbonyl (C=O) groups is 2. The highest BCUT2D eigenvalue weighted by molar-refractivity contribution is 6.07. The Balaban J connectivity index is 2.12. The van der Waals surface area contributed by atoms with Gasteiger partial charge in [-0.3, -0.25) is 4.79 Å². The van der Waals surface area contributed by atoms with Crippen molar-refractivity contribution in [3.8, 4) is 11.8 Å². The monoisotopic (exact) mass is 365 g/mol. The van der Waals surface area contributed by atoms with Crippen molar-refractivity contribution in [2.24, 2.45) is 0 Å². The summed E-state index contributed by atoms with van der Waals surface area (Å²) in [6.45, 7) is 1.88. The fraction of sp³-hybridized carbons (Fsp3) is 0.150. The Morgan fingerprint density at radius 3 is 2.41 bits per heavy atom. The number of nitrogens with one attached hydrogen (secondary N) is 2. The highest BCUT2D eigenvalue weighted by Gasteiger charge is 2.12. The van der Waals surface area contributed by atoms with Crippen LogP contribution in [-0.4, -0.2) is 26.1 Å². The summed E-state index contributed by atoms with van der Waals surface area (Å²) in [5.74, 6) is -0.515. The van der Waals surface area contributed by atoms with Gasteiger partial charge in [-0.15, -0.1) is 0 Å². The molecule has 0 aromatic heterocycles. The van der Waals surface area contributed by atoms with E-state index in [0.29, 0.717) is 22.7 Å². The van der Waals surface area contributed by atoms with Gasteiger partial charge < -0.3 is 20.1 Å². The summed E-state index contributed by atoms with van der Waals surface area (Å²) in [6, 6.07) is 13.6. The minimum absolute atomic E-state index is 0.115. The van der Waals surface area contributed by atoms with E-state index in [1.165, 1.54) is 20.4 Å². The first-order chi connectivity index (χ1) is 13.0. The molecule has 2 rings (SSSR count). The normalized spacial score (nSPS) is 10.5. The number of hydrogen-bond acceptors (Lipinski definition) is 6. The van der Waals surface area contributed by atoms with Crippen molar-refractivity contribution >= 4 is 23.3 Å². The van der Waals surface area contributed by atoms with Crippen LogP contribution in [0, 0.1) is 18.3 Å². The number of amides is 1. The molecule has 2 N–H and O–H groups in total. The second kappa shape index (κ2) is 9.06. The van der Waals surface area contributed by atoms with Gasteiger partial charge in [0.25, 0.3) is 5.91 Å². The molecule has 0 spiro atoms. The van der Waals surface area contributed by atoms with Crippen LogP contribution in [-0.2, 0) is 9.53 Å². The van der Waals surface area contributed by atoms with Crippen LogP contribution >= 0.6 is 0 Å². The fourth-order valence-corrected chi connectivity index (χ4v) is 2.23. The highest BCUT2D eigenvalue weighted by Crippen LogP contribution is 2.25. The number of anilines is 2. The lowest BCUT2D eigenvalue weighted by molar-refractivity contribution is -0.112. The summed E-state index contributed by atoms with van der Waals surface area (Å²) in [5.41, 5.74) is 2.31. The molecule has 2 aromatic rings. The first kappa shape index (κ1) is 19.5. The van der Waals surface area contributed by atoms with Gasteiger partial charge in [-0.05, 0) is 48.9 Å². The number of nitriles is 1. The number of carbonyl (C=O) groups excluding carboxylic acids is 2. The Labute approximate surface area is 157 Å². The molecule has 0 radical (unpaired) electrons. The molecule has 0 unspecified atom stereocenters. The summed E-state index contributed by atoms with van der Waals surface area (Å²) >= 11 is 0. The lowest BCUT2D eigenvalue weighted by atomic mass is 10.2.